The molecule has 6 heteroatoms. The first-order valence-electron chi connectivity index (χ1n) is 5.37. The zero-order valence-corrected chi connectivity index (χ0v) is 11.9. The third kappa shape index (κ3) is 4.19. The van der Waals surface area contributed by atoms with Crippen molar-refractivity contribution in [3.8, 4) is 0 Å². The molecule has 0 aliphatic heterocycles. The lowest BCUT2D eigenvalue weighted by atomic mass is 10.4. The highest BCUT2D eigenvalue weighted by Crippen LogP contribution is 2.20. The van der Waals surface area contributed by atoms with Gasteiger partial charge in [0.15, 0.2) is 0 Å². The van der Waals surface area contributed by atoms with Crippen LogP contribution in [-0.4, -0.2) is 21.6 Å². The van der Waals surface area contributed by atoms with E-state index in [0.29, 0.717) is 12.3 Å². The van der Waals surface area contributed by atoms with Crippen molar-refractivity contribution in [2.45, 2.75) is 11.4 Å². The Kier molecular flexibility index (Phi) is 4.83. The molecule has 1 heterocycles. The number of thioether (sulfide) groups is 1. The van der Waals surface area contributed by atoms with E-state index in [9.17, 15) is 4.79 Å². The maximum absolute atomic E-state index is 11.6. The number of imidazole rings is 1. The molecular weight excluding hydrogens is 314 g/mol. The van der Waals surface area contributed by atoms with Gasteiger partial charge in [0.2, 0.25) is 5.91 Å². The average Bonchev–Trinajstić information content (AvgIpc) is 2.89. The Morgan fingerprint density at radius 1 is 1.39 bits per heavy atom. The van der Waals surface area contributed by atoms with Crippen molar-refractivity contribution in [2.75, 3.05) is 5.75 Å². The van der Waals surface area contributed by atoms with Crippen LogP contribution >= 0.6 is 27.7 Å². The minimum absolute atomic E-state index is 0.000631. The lowest BCUT2D eigenvalue weighted by Crippen LogP contribution is -2.25. The molecule has 2 N–H and O–H groups in total. The highest BCUT2D eigenvalue weighted by Gasteiger charge is 2.03. The van der Waals surface area contributed by atoms with E-state index in [0.717, 1.165) is 15.2 Å². The molecule has 1 amide bonds. The normalized spacial score (nSPS) is 10.3. The van der Waals surface area contributed by atoms with Gasteiger partial charge in [-0.3, -0.25) is 4.79 Å². The van der Waals surface area contributed by atoms with E-state index >= 15 is 0 Å². The molecule has 94 valence electrons. The number of H-pyrrole nitrogens is 1. The fourth-order valence-electron chi connectivity index (χ4n) is 1.31. The summed E-state index contributed by atoms with van der Waals surface area (Å²) >= 11 is 4.88. The van der Waals surface area contributed by atoms with E-state index < -0.39 is 0 Å². The standard InChI is InChI=1S/C12H12BrN3OS/c13-9-1-3-10(4-2-9)18-8-12(17)16-7-11-14-5-6-15-11/h1-6H,7-8H2,(H,14,15)(H,16,17). The van der Waals surface area contributed by atoms with E-state index in [1.165, 1.54) is 11.8 Å². The summed E-state index contributed by atoms with van der Waals surface area (Å²) < 4.78 is 1.04. The van der Waals surface area contributed by atoms with Gasteiger partial charge in [-0.25, -0.2) is 4.98 Å². The lowest BCUT2D eigenvalue weighted by molar-refractivity contribution is -0.118. The van der Waals surface area contributed by atoms with Crippen molar-refractivity contribution in [3.05, 3.63) is 47.0 Å². The molecule has 0 fully saturated rings. The van der Waals surface area contributed by atoms with Gasteiger partial charge in [0.05, 0.1) is 12.3 Å². The largest absolute Gasteiger partial charge is 0.348 e. The van der Waals surface area contributed by atoms with Crippen LogP contribution in [-0.2, 0) is 11.3 Å². The number of nitrogens with zero attached hydrogens (tertiary/aromatic N) is 1. The van der Waals surface area contributed by atoms with Gasteiger partial charge in [0.1, 0.15) is 5.82 Å². The summed E-state index contributed by atoms with van der Waals surface area (Å²) in [4.78, 5) is 19.6. The van der Waals surface area contributed by atoms with E-state index in [1.807, 2.05) is 24.3 Å². The summed E-state index contributed by atoms with van der Waals surface area (Å²) in [5, 5.41) is 2.80. The van der Waals surface area contributed by atoms with Gasteiger partial charge in [0.25, 0.3) is 0 Å². The monoisotopic (exact) mass is 325 g/mol. The van der Waals surface area contributed by atoms with Gasteiger partial charge < -0.3 is 10.3 Å². The van der Waals surface area contributed by atoms with Crippen molar-refractivity contribution < 1.29 is 4.79 Å². The molecule has 0 bridgehead atoms. The van der Waals surface area contributed by atoms with Gasteiger partial charge in [0, 0.05) is 21.8 Å². The number of rotatable bonds is 5. The molecular formula is C12H12BrN3OS. The summed E-state index contributed by atoms with van der Waals surface area (Å²) in [6.07, 6.45) is 3.40. The second-order valence-corrected chi connectivity index (χ2v) is 5.52. The van der Waals surface area contributed by atoms with Crippen LogP contribution in [0.15, 0.2) is 46.0 Å². The van der Waals surface area contributed by atoms with Gasteiger partial charge in [-0.15, -0.1) is 11.8 Å². The summed E-state index contributed by atoms with van der Waals surface area (Å²) in [7, 11) is 0. The van der Waals surface area contributed by atoms with Crippen LogP contribution in [0.1, 0.15) is 5.82 Å². The molecule has 2 rings (SSSR count). The van der Waals surface area contributed by atoms with Crippen molar-refractivity contribution in [2.24, 2.45) is 0 Å². The molecule has 0 unspecified atom stereocenters. The van der Waals surface area contributed by atoms with Crippen LogP contribution in [0.25, 0.3) is 0 Å². The molecule has 0 saturated carbocycles. The minimum atomic E-state index is -0.000631. The second-order valence-electron chi connectivity index (χ2n) is 3.56. The number of halogens is 1. The third-order valence-corrected chi connectivity index (χ3v) is 3.73. The Hall–Kier alpha value is -1.27. The van der Waals surface area contributed by atoms with E-state index in [1.54, 1.807) is 12.4 Å². The third-order valence-electron chi connectivity index (χ3n) is 2.19. The van der Waals surface area contributed by atoms with Crippen molar-refractivity contribution in [1.29, 1.82) is 0 Å². The van der Waals surface area contributed by atoms with E-state index in [4.69, 9.17) is 0 Å². The van der Waals surface area contributed by atoms with Crippen LogP contribution in [0.5, 0.6) is 0 Å². The molecule has 18 heavy (non-hydrogen) atoms. The lowest BCUT2D eigenvalue weighted by Gasteiger charge is -2.03. The Morgan fingerprint density at radius 2 is 2.17 bits per heavy atom. The number of hydrogen-bond acceptors (Lipinski definition) is 3. The molecule has 0 atom stereocenters. The SMILES string of the molecule is O=C(CSc1ccc(Br)cc1)NCc1ncc[nH]1. The number of benzene rings is 1. The van der Waals surface area contributed by atoms with Gasteiger partial charge in [-0.05, 0) is 24.3 Å². The molecule has 2 aromatic rings. The predicted molar refractivity (Wildman–Crippen MR) is 75.3 cm³/mol. The second kappa shape index (κ2) is 6.61. The smallest absolute Gasteiger partial charge is 0.230 e. The minimum Gasteiger partial charge on any atom is -0.348 e. The fourth-order valence-corrected chi connectivity index (χ4v) is 2.30. The molecule has 0 aliphatic carbocycles. The molecule has 0 spiro atoms. The quantitative estimate of drug-likeness (QED) is 0.831. The average molecular weight is 326 g/mol. The number of carbonyl (C=O) groups excluding carboxylic acids is 1. The van der Waals surface area contributed by atoms with Crippen LogP contribution in [0, 0.1) is 0 Å². The van der Waals surface area contributed by atoms with Crippen molar-refractivity contribution in [3.63, 3.8) is 0 Å². The van der Waals surface area contributed by atoms with E-state index in [-0.39, 0.29) is 5.91 Å². The van der Waals surface area contributed by atoms with Crippen LogP contribution < -0.4 is 5.32 Å². The van der Waals surface area contributed by atoms with Gasteiger partial charge in [-0.2, -0.15) is 0 Å². The maximum atomic E-state index is 11.6. The van der Waals surface area contributed by atoms with Crippen LogP contribution in [0.3, 0.4) is 0 Å². The zero-order valence-electron chi connectivity index (χ0n) is 9.52. The number of amides is 1. The molecule has 1 aromatic heterocycles. The molecule has 0 saturated heterocycles. The Morgan fingerprint density at radius 3 is 2.83 bits per heavy atom. The first kappa shape index (κ1) is 13.2. The first-order chi connectivity index (χ1) is 8.74. The van der Waals surface area contributed by atoms with E-state index in [2.05, 4.69) is 31.2 Å². The number of aromatic amines is 1. The van der Waals surface area contributed by atoms with Crippen molar-refractivity contribution >= 4 is 33.6 Å². The highest BCUT2D eigenvalue weighted by atomic mass is 79.9. The first-order valence-corrected chi connectivity index (χ1v) is 7.15. The number of aromatic nitrogens is 2. The molecule has 1 aromatic carbocycles. The molecule has 0 aliphatic rings. The molecule has 0 radical (unpaired) electrons. The van der Waals surface area contributed by atoms with Gasteiger partial charge in [-0.1, -0.05) is 15.9 Å². The zero-order chi connectivity index (χ0) is 12.8. The van der Waals surface area contributed by atoms with Gasteiger partial charge >= 0.3 is 0 Å². The summed E-state index contributed by atoms with van der Waals surface area (Å²) in [5.41, 5.74) is 0. The fraction of sp³-hybridized carbons (Fsp3) is 0.167. The van der Waals surface area contributed by atoms with Crippen LogP contribution in [0.2, 0.25) is 0 Å². The van der Waals surface area contributed by atoms with Crippen LogP contribution in [0.4, 0.5) is 0 Å². The Labute approximate surface area is 118 Å². The number of nitrogens with one attached hydrogen (secondary N) is 2. The number of carbonyl (C=O) groups is 1. The summed E-state index contributed by atoms with van der Waals surface area (Å²) in [5.74, 6) is 1.17. The summed E-state index contributed by atoms with van der Waals surface area (Å²) in [6, 6.07) is 7.88. The molecule has 4 nitrogen and oxygen atoms in total. The summed E-state index contributed by atoms with van der Waals surface area (Å²) in [6.45, 7) is 0.437. The highest BCUT2D eigenvalue weighted by molar-refractivity contribution is 9.10. The Bertz CT molecular complexity index is 499. The predicted octanol–water partition coefficient (Wildman–Crippen LogP) is 2.58. The topological polar surface area (TPSA) is 57.8 Å². The van der Waals surface area contributed by atoms with Crippen molar-refractivity contribution in [1.82, 2.24) is 15.3 Å². The maximum Gasteiger partial charge on any atom is 0.230 e. The number of hydrogen-bond donors (Lipinski definition) is 2. The Balaban J connectivity index is 1.73.